The van der Waals surface area contributed by atoms with Crippen LogP contribution in [0.15, 0.2) is 30.3 Å². The van der Waals surface area contributed by atoms with Crippen molar-refractivity contribution in [1.29, 1.82) is 0 Å². The molecule has 0 aromatic heterocycles. The Balaban J connectivity index is 2.53. The number of nitro benzene ring substituents is 1. The van der Waals surface area contributed by atoms with Crippen LogP contribution in [0.3, 0.4) is 0 Å². The Morgan fingerprint density at radius 1 is 1.00 bits per heavy atom. The van der Waals surface area contributed by atoms with Crippen molar-refractivity contribution in [2.75, 3.05) is 33.8 Å². The Hall–Kier alpha value is -3.82. The van der Waals surface area contributed by atoms with Crippen LogP contribution in [-0.4, -0.2) is 45.2 Å². The maximum atomic E-state index is 12.7. The molecule has 2 rings (SSSR count). The fourth-order valence-corrected chi connectivity index (χ4v) is 2.54. The van der Waals surface area contributed by atoms with E-state index in [1.54, 1.807) is 0 Å². The fraction of sp³-hybridized carbons (Fsp3) is 0.222. The first-order chi connectivity index (χ1) is 13.4. The van der Waals surface area contributed by atoms with Crippen LogP contribution in [0, 0.1) is 10.1 Å². The van der Waals surface area contributed by atoms with Gasteiger partial charge in [0.1, 0.15) is 5.56 Å². The van der Waals surface area contributed by atoms with Crippen molar-refractivity contribution in [1.82, 2.24) is 0 Å². The molecule has 28 heavy (non-hydrogen) atoms. The second-order valence-corrected chi connectivity index (χ2v) is 5.33. The Kier molecular flexibility index (Phi) is 6.38. The summed E-state index contributed by atoms with van der Waals surface area (Å²) < 4.78 is 20.0. The number of carbonyl (C=O) groups excluding carboxylic acids is 2. The van der Waals surface area contributed by atoms with Gasteiger partial charge in [-0.3, -0.25) is 14.9 Å². The van der Waals surface area contributed by atoms with Crippen molar-refractivity contribution in [2.45, 2.75) is 0 Å². The molecule has 2 aromatic carbocycles. The first-order valence-corrected chi connectivity index (χ1v) is 7.85. The SMILES string of the molecule is COC(=O)c1cccc(NC(=O)c2cc(OC)c(OC)c(OC)c2[N+](=O)[O-])c1. The van der Waals surface area contributed by atoms with Gasteiger partial charge in [-0.05, 0) is 18.2 Å². The van der Waals surface area contributed by atoms with E-state index in [1.807, 2.05) is 0 Å². The van der Waals surface area contributed by atoms with Crippen LogP contribution in [0.5, 0.6) is 17.2 Å². The zero-order valence-corrected chi connectivity index (χ0v) is 15.6. The van der Waals surface area contributed by atoms with E-state index >= 15 is 0 Å². The summed E-state index contributed by atoms with van der Waals surface area (Å²) in [5, 5.41) is 14.1. The van der Waals surface area contributed by atoms with E-state index in [2.05, 4.69) is 10.1 Å². The number of nitro groups is 1. The third-order valence-electron chi connectivity index (χ3n) is 3.77. The number of amides is 1. The van der Waals surface area contributed by atoms with Gasteiger partial charge in [-0.2, -0.15) is 0 Å². The summed E-state index contributed by atoms with van der Waals surface area (Å²) in [7, 11) is 5.06. The van der Waals surface area contributed by atoms with Crippen molar-refractivity contribution in [3.8, 4) is 17.2 Å². The van der Waals surface area contributed by atoms with Crippen LogP contribution >= 0.6 is 0 Å². The number of hydrogen-bond donors (Lipinski definition) is 1. The van der Waals surface area contributed by atoms with Gasteiger partial charge in [0.15, 0.2) is 5.75 Å². The van der Waals surface area contributed by atoms with Gasteiger partial charge in [0.05, 0.1) is 38.9 Å². The number of nitrogens with zero attached hydrogens (tertiary/aromatic N) is 1. The number of hydrogen-bond acceptors (Lipinski definition) is 8. The van der Waals surface area contributed by atoms with Gasteiger partial charge < -0.3 is 24.3 Å². The summed E-state index contributed by atoms with van der Waals surface area (Å²) in [6, 6.07) is 7.12. The lowest BCUT2D eigenvalue weighted by Gasteiger charge is -2.15. The molecule has 10 heteroatoms. The average Bonchev–Trinajstić information content (AvgIpc) is 2.71. The Morgan fingerprint density at radius 2 is 1.68 bits per heavy atom. The third-order valence-corrected chi connectivity index (χ3v) is 3.77. The highest BCUT2D eigenvalue weighted by atomic mass is 16.6. The first kappa shape index (κ1) is 20.5. The molecule has 0 heterocycles. The number of nitrogens with one attached hydrogen (secondary N) is 1. The number of esters is 1. The Bertz CT molecular complexity index is 926. The third kappa shape index (κ3) is 3.95. The minimum absolute atomic E-state index is 0.0130. The Morgan fingerprint density at radius 3 is 2.21 bits per heavy atom. The average molecular weight is 390 g/mol. The van der Waals surface area contributed by atoms with Crippen LogP contribution in [0.2, 0.25) is 0 Å². The molecule has 0 radical (unpaired) electrons. The van der Waals surface area contributed by atoms with E-state index in [0.717, 1.165) is 0 Å². The van der Waals surface area contributed by atoms with E-state index in [1.165, 1.54) is 58.8 Å². The zero-order chi connectivity index (χ0) is 20.8. The summed E-state index contributed by atoms with van der Waals surface area (Å²) in [5.41, 5.74) is -0.430. The lowest BCUT2D eigenvalue weighted by atomic mass is 10.1. The second kappa shape index (κ2) is 8.71. The molecule has 0 atom stereocenters. The second-order valence-electron chi connectivity index (χ2n) is 5.33. The van der Waals surface area contributed by atoms with Crippen LogP contribution in [-0.2, 0) is 4.74 Å². The lowest BCUT2D eigenvalue weighted by molar-refractivity contribution is -0.386. The van der Waals surface area contributed by atoms with E-state index in [-0.39, 0.29) is 34.1 Å². The molecular formula is C18H18N2O8. The molecule has 0 unspecified atom stereocenters. The van der Waals surface area contributed by atoms with Crippen molar-refractivity contribution in [3.05, 3.63) is 51.6 Å². The first-order valence-electron chi connectivity index (χ1n) is 7.85. The normalized spacial score (nSPS) is 10.0. The van der Waals surface area contributed by atoms with Crippen molar-refractivity contribution < 1.29 is 33.5 Å². The van der Waals surface area contributed by atoms with Gasteiger partial charge in [0.25, 0.3) is 5.91 Å². The van der Waals surface area contributed by atoms with Crippen LogP contribution in [0.25, 0.3) is 0 Å². The number of benzene rings is 2. The van der Waals surface area contributed by atoms with E-state index in [9.17, 15) is 19.7 Å². The van der Waals surface area contributed by atoms with Crippen molar-refractivity contribution >= 4 is 23.3 Å². The molecule has 0 aliphatic carbocycles. The number of carbonyl (C=O) groups is 2. The number of ether oxygens (including phenoxy) is 4. The predicted molar refractivity (Wildman–Crippen MR) is 98.5 cm³/mol. The molecule has 0 fully saturated rings. The van der Waals surface area contributed by atoms with Gasteiger partial charge >= 0.3 is 11.7 Å². The minimum atomic E-state index is -0.798. The van der Waals surface area contributed by atoms with Gasteiger partial charge in [-0.1, -0.05) is 6.07 Å². The van der Waals surface area contributed by atoms with Gasteiger partial charge in [0.2, 0.25) is 11.5 Å². The molecular weight excluding hydrogens is 372 g/mol. The molecule has 0 saturated heterocycles. The van der Waals surface area contributed by atoms with Crippen molar-refractivity contribution in [2.24, 2.45) is 0 Å². The molecule has 0 aliphatic rings. The maximum absolute atomic E-state index is 12.7. The quantitative estimate of drug-likeness (QED) is 0.434. The van der Waals surface area contributed by atoms with Crippen LogP contribution < -0.4 is 19.5 Å². The van der Waals surface area contributed by atoms with Crippen molar-refractivity contribution in [3.63, 3.8) is 0 Å². The minimum Gasteiger partial charge on any atom is -0.493 e. The highest BCUT2D eigenvalue weighted by Gasteiger charge is 2.32. The Labute approximate surface area is 160 Å². The molecule has 148 valence electrons. The molecule has 10 nitrogen and oxygen atoms in total. The summed E-state index contributed by atoms with van der Waals surface area (Å²) in [5.74, 6) is -1.57. The van der Waals surface area contributed by atoms with Gasteiger partial charge in [-0.15, -0.1) is 0 Å². The lowest BCUT2D eigenvalue weighted by Crippen LogP contribution is -2.16. The number of methoxy groups -OCH3 is 4. The molecule has 0 spiro atoms. The van der Waals surface area contributed by atoms with Gasteiger partial charge in [-0.25, -0.2) is 4.79 Å². The van der Waals surface area contributed by atoms with Crippen LogP contribution in [0.1, 0.15) is 20.7 Å². The maximum Gasteiger partial charge on any atom is 0.337 e. The highest BCUT2D eigenvalue weighted by molar-refractivity contribution is 6.09. The van der Waals surface area contributed by atoms with E-state index in [0.29, 0.717) is 0 Å². The summed E-state index contributed by atoms with van der Waals surface area (Å²) in [6.07, 6.45) is 0. The number of anilines is 1. The molecule has 0 saturated carbocycles. The molecule has 2 aromatic rings. The summed E-state index contributed by atoms with van der Waals surface area (Å²) in [6.45, 7) is 0. The topological polar surface area (TPSA) is 126 Å². The largest absolute Gasteiger partial charge is 0.493 e. The smallest absolute Gasteiger partial charge is 0.337 e. The van der Waals surface area contributed by atoms with E-state index in [4.69, 9.17) is 14.2 Å². The summed E-state index contributed by atoms with van der Waals surface area (Å²) in [4.78, 5) is 35.2. The monoisotopic (exact) mass is 390 g/mol. The van der Waals surface area contributed by atoms with Crippen LogP contribution in [0.4, 0.5) is 11.4 Å². The molecule has 1 N–H and O–H groups in total. The molecule has 0 aliphatic heterocycles. The predicted octanol–water partition coefficient (Wildman–Crippen LogP) is 2.66. The fourth-order valence-electron chi connectivity index (χ4n) is 2.54. The zero-order valence-electron chi connectivity index (χ0n) is 15.6. The summed E-state index contributed by atoms with van der Waals surface area (Å²) >= 11 is 0. The molecule has 1 amide bonds. The molecule has 0 bridgehead atoms. The number of rotatable bonds is 7. The highest BCUT2D eigenvalue weighted by Crippen LogP contribution is 2.46. The van der Waals surface area contributed by atoms with Gasteiger partial charge in [0, 0.05) is 11.8 Å². The standard InChI is InChI=1S/C18H18N2O8/c1-25-13-9-12(14(20(23)24)16(27-3)15(13)26-2)17(21)19-11-7-5-6-10(8-11)18(22)28-4/h5-9H,1-4H3,(H,19,21). The van der Waals surface area contributed by atoms with E-state index < -0.39 is 22.5 Å².